The van der Waals surface area contributed by atoms with Crippen molar-refractivity contribution in [2.24, 2.45) is 10.8 Å². The van der Waals surface area contributed by atoms with Crippen LogP contribution in [-0.2, 0) is 4.79 Å². The van der Waals surface area contributed by atoms with E-state index < -0.39 is 0 Å². The van der Waals surface area contributed by atoms with E-state index in [1.165, 1.54) is 12.8 Å². The second-order valence-electron chi connectivity index (χ2n) is 6.39. The maximum Gasteiger partial charge on any atom is 0.227 e. The van der Waals surface area contributed by atoms with Gasteiger partial charge in [0.2, 0.25) is 5.91 Å². The molecule has 0 aromatic carbocycles. The molecule has 2 aliphatic rings. The number of hydrogen-bond acceptors (Lipinski definition) is 3. The molecule has 18 heavy (non-hydrogen) atoms. The fraction of sp³-hybridized carbons (Fsp3) is 0.929. The molecule has 1 atom stereocenters. The highest BCUT2D eigenvalue weighted by atomic mass is 16.3. The zero-order valence-corrected chi connectivity index (χ0v) is 11.4. The van der Waals surface area contributed by atoms with Gasteiger partial charge in [-0.05, 0) is 39.2 Å². The third-order valence-corrected chi connectivity index (χ3v) is 4.77. The van der Waals surface area contributed by atoms with Gasteiger partial charge in [-0.2, -0.15) is 0 Å². The average molecular weight is 254 g/mol. The van der Waals surface area contributed by atoms with Gasteiger partial charge in [-0.25, -0.2) is 0 Å². The van der Waals surface area contributed by atoms with Gasteiger partial charge >= 0.3 is 0 Å². The molecule has 1 saturated heterocycles. The minimum absolute atomic E-state index is 0.0475. The summed E-state index contributed by atoms with van der Waals surface area (Å²) in [5, 5.41) is 15.9. The fourth-order valence-electron chi connectivity index (χ4n) is 3.25. The second kappa shape index (κ2) is 5.57. The normalized spacial score (nSPS) is 31.2. The Labute approximate surface area is 110 Å². The van der Waals surface area contributed by atoms with Crippen LogP contribution in [0.3, 0.4) is 0 Å². The Morgan fingerprint density at radius 3 is 2.56 bits per heavy atom. The summed E-state index contributed by atoms with van der Waals surface area (Å²) in [5.41, 5.74) is -0.318. The summed E-state index contributed by atoms with van der Waals surface area (Å²) in [7, 11) is 0. The summed E-state index contributed by atoms with van der Waals surface area (Å²) in [6, 6.07) is 0. The SMILES string of the molecule is C[C@]1(C(=O)NCC2(CO)CCCC2)CCCNC1. The first kappa shape index (κ1) is 13.8. The van der Waals surface area contributed by atoms with Crippen molar-refractivity contribution < 1.29 is 9.90 Å². The number of nitrogens with one attached hydrogen (secondary N) is 2. The molecule has 1 amide bonds. The first-order chi connectivity index (χ1) is 8.60. The number of piperidine rings is 1. The van der Waals surface area contributed by atoms with E-state index in [9.17, 15) is 9.90 Å². The zero-order valence-electron chi connectivity index (χ0n) is 11.4. The van der Waals surface area contributed by atoms with E-state index in [1.807, 2.05) is 6.92 Å². The number of carbonyl (C=O) groups is 1. The van der Waals surface area contributed by atoms with Crippen LogP contribution >= 0.6 is 0 Å². The van der Waals surface area contributed by atoms with Gasteiger partial charge in [0.05, 0.1) is 12.0 Å². The van der Waals surface area contributed by atoms with Gasteiger partial charge in [-0.3, -0.25) is 4.79 Å². The van der Waals surface area contributed by atoms with E-state index in [-0.39, 0.29) is 23.3 Å². The van der Waals surface area contributed by atoms with Gasteiger partial charge in [0.1, 0.15) is 0 Å². The van der Waals surface area contributed by atoms with Crippen molar-refractivity contribution in [1.82, 2.24) is 10.6 Å². The van der Waals surface area contributed by atoms with E-state index in [2.05, 4.69) is 10.6 Å². The van der Waals surface area contributed by atoms with Crippen LogP contribution in [0.25, 0.3) is 0 Å². The van der Waals surface area contributed by atoms with Gasteiger partial charge < -0.3 is 15.7 Å². The summed E-state index contributed by atoms with van der Waals surface area (Å²) in [4.78, 5) is 12.3. The van der Waals surface area contributed by atoms with Crippen LogP contribution in [0.2, 0.25) is 0 Å². The molecule has 1 aliphatic heterocycles. The lowest BCUT2D eigenvalue weighted by atomic mass is 9.81. The van der Waals surface area contributed by atoms with Gasteiger partial charge in [0.15, 0.2) is 0 Å². The second-order valence-corrected chi connectivity index (χ2v) is 6.39. The highest BCUT2D eigenvalue weighted by molar-refractivity contribution is 5.82. The lowest BCUT2D eigenvalue weighted by molar-refractivity contribution is -0.131. The van der Waals surface area contributed by atoms with Gasteiger partial charge in [0, 0.05) is 18.5 Å². The number of hydrogen-bond donors (Lipinski definition) is 3. The Morgan fingerprint density at radius 1 is 1.28 bits per heavy atom. The topological polar surface area (TPSA) is 61.4 Å². The van der Waals surface area contributed by atoms with Gasteiger partial charge in [-0.1, -0.05) is 12.8 Å². The Bertz CT molecular complexity index is 292. The minimum Gasteiger partial charge on any atom is -0.396 e. The maximum absolute atomic E-state index is 12.3. The number of carbonyl (C=O) groups excluding carboxylic acids is 1. The molecule has 2 rings (SSSR count). The standard InChI is InChI=1S/C14H26N2O2/c1-13(5-4-8-15-9-13)12(18)16-10-14(11-17)6-2-3-7-14/h15,17H,2-11H2,1H3,(H,16,18)/t13-/m0/s1. The van der Waals surface area contributed by atoms with Crippen LogP contribution in [-0.4, -0.2) is 37.3 Å². The van der Waals surface area contributed by atoms with Gasteiger partial charge in [0.25, 0.3) is 0 Å². The number of aliphatic hydroxyl groups excluding tert-OH is 1. The highest BCUT2D eigenvalue weighted by Gasteiger charge is 2.38. The monoisotopic (exact) mass is 254 g/mol. The Balaban J connectivity index is 1.87. The zero-order chi connectivity index (χ0) is 13.1. The molecule has 2 fully saturated rings. The lowest BCUT2D eigenvalue weighted by Gasteiger charge is -2.34. The van der Waals surface area contributed by atoms with Crippen LogP contribution in [0, 0.1) is 10.8 Å². The summed E-state index contributed by atoms with van der Waals surface area (Å²) in [5.74, 6) is 0.148. The van der Waals surface area contributed by atoms with E-state index in [1.54, 1.807) is 0 Å². The molecule has 0 spiro atoms. The molecule has 0 unspecified atom stereocenters. The summed E-state index contributed by atoms with van der Waals surface area (Å²) >= 11 is 0. The highest BCUT2D eigenvalue weighted by Crippen LogP contribution is 2.37. The number of rotatable bonds is 4. The van der Waals surface area contributed by atoms with Crippen molar-refractivity contribution in [3.05, 3.63) is 0 Å². The first-order valence-corrected chi connectivity index (χ1v) is 7.20. The maximum atomic E-state index is 12.3. The minimum atomic E-state index is -0.270. The van der Waals surface area contributed by atoms with E-state index in [4.69, 9.17) is 0 Å². The van der Waals surface area contributed by atoms with Crippen molar-refractivity contribution in [2.75, 3.05) is 26.2 Å². The average Bonchev–Trinajstić information content (AvgIpc) is 2.86. The number of amides is 1. The predicted octanol–water partition coefficient (Wildman–Crippen LogP) is 1.04. The molecular weight excluding hydrogens is 228 g/mol. The van der Waals surface area contributed by atoms with E-state index in [0.717, 1.165) is 38.8 Å². The third-order valence-electron chi connectivity index (χ3n) is 4.77. The predicted molar refractivity (Wildman–Crippen MR) is 71.2 cm³/mol. The molecular formula is C14H26N2O2. The molecule has 0 aromatic rings. The van der Waals surface area contributed by atoms with Crippen LogP contribution in [0.4, 0.5) is 0 Å². The summed E-state index contributed by atoms with van der Waals surface area (Å²) in [6.45, 7) is 4.66. The molecule has 1 aliphatic carbocycles. The molecule has 4 nitrogen and oxygen atoms in total. The van der Waals surface area contributed by atoms with Crippen molar-refractivity contribution >= 4 is 5.91 Å². The van der Waals surface area contributed by atoms with Crippen molar-refractivity contribution in [2.45, 2.75) is 45.4 Å². The Morgan fingerprint density at radius 2 is 2.00 bits per heavy atom. The fourth-order valence-corrected chi connectivity index (χ4v) is 3.25. The summed E-state index contributed by atoms with van der Waals surface area (Å²) < 4.78 is 0. The van der Waals surface area contributed by atoms with Gasteiger partial charge in [-0.15, -0.1) is 0 Å². The molecule has 4 heteroatoms. The molecule has 3 N–H and O–H groups in total. The number of aliphatic hydroxyl groups is 1. The van der Waals surface area contributed by atoms with Crippen LogP contribution in [0.15, 0.2) is 0 Å². The summed E-state index contributed by atoms with van der Waals surface area (Å²) in [6.07, 6.45) is 6.45. The van der Waals surface area contributed by atoms with E-state index in [0.29, 0.717) is 6.54 Å². The molecule has 104 valence electrons. The molecule has 1 heterocycles. The largest absolute Gasteiger partial charge is 0.396 e. The first-order valence-electron chi connectivity index (χ1n) is 7.20. The Hall–Kier alpha value is -0.610. The van der Waals surface area contributed by atoms with Crippen LogP contribution < -0.4 is 10.6 Å². The Kier molecular flexibility index (Phi) is 4.28. The van der Waals surface area contributed by atoms with Crippen molar-refractivity contribution in [3.8, 4) is 0 Å². The van der Waals surface area contributed by atoms with Crippen LogP contribution in [0.1, 0.15) is 45.4 Å². The molecule has 0 radical (unpaired) electrons. The van der Waals surface area contributed by atoms with E-state index >= 15 is 0 Å². The molecule has 1 saturated carbocycles. The third kappa shape index (κ3) is 2.86. The quantitative estimate of drug-likeness (QED) is 0.702. The van der Waals surface area contributed by atoms with Crippen LogP contribution in [0.5, 0.6) is 0 Å². The van der Waals surface area contributed by atoms with Crippen molar-refractivity contribution in [3.63, 3.8) is 0 Å². The lowest BCUT2D eigenvalue weighted by Crippen LogP contribution is -2.51. The molecule has 0 bridgehead atoms. The van der Waals surface area contributed by atoms with Crippen molar-refractivity contribution in [1.29, 1.82) is 0 Å². The smallest absolute Gasteiger partial charge is 0.227 e. The molecule has 0 aromatic heterocycles.